The summed E-state index contributed by atoms with van der Waals surface area (Å²) in [5, 5.41) is 16.0. The van der Waals surface area contributed by atoms with Crippen LogP contribution in [0.15, 0.2) is 12.1 Å². The van der Waals surface area contributed by atoms with Crippen molar-refractivity contribution in [2.24, 2.45) is 11.8 Å². The standard InChI is InChI=1S/C14H18N2O3S/c17-10(8-1-2-8)7-15-14(19)11-5-6-12(20-11)16-13(18)9-3-4-9/h5-6,8-10,17H,1-4,7H2,(H,15,19)(H,16,18). The number of aliphatic hydroxyl groups excluding tert-OH is 1. The molecule has 2 saturated carbocycles. The first-order valence-electron chi connectivity index (χ1n) is 7.00. The van der Waals surface area contributed by atoms with E-state index in [0.29, 0.717) is 22.3 Å². The zero-order chi connectivity index (χ0) is 14.1. The topological polar surface area (TPSA) is 78.4 Å². The second kappa shape index (κ2) is 5.54. The summed E-state index contributed by atoms with van der Waals surface area (Å²) in [5.41, 5.74) is 0. The van der Waals surface area contributed by atoms with Gasteiger partial charge < -0.3 is 15.7 Å². The van der Waals surface area contributed by atoms with Gasteiger partial charge in [-0.2, -0.15) is 0 Å². The van der Waals surface area contributed by atoms with Gasteiger partial charge in [-0.1, -0.05) is 0 Å². The van der Waals surface area contributed by atoms with E-state index < -0.39 is 6.10 Å². The van der Waals surface area contributed by atoms with Gasteiger partial charge in [-0.15, -0.1) is 11.3 Å². The Hall–Kier alpha value is -1.40. The van der Waals surface area contributed by atoms with E-state index in [9.17, 15) is 14.7 Å². The summed E-state index contributed by atoms with van der Waals surface area (Å²) in [6, 6.07) is 3.45. The molecule has 2 aliphatic carbocycles. The summed E-state index contributed by atoms with van der Waals surface area (Å²) < 4.78 is 0. The molecule has 1 aromatic heterocycles. The molecule has 0 radical (unpaired) electrons. The van der Waals surface area contributed by atoms with E-state index in [-0.39, 0.29) is 17.7 Å². The number of aliphatic hydroxyl groups is 1. The van der Waals surface area contributed by atoms with Gasteiger partial charge in [-0.25, -0.2) is 0 Å². The molecule has 3 N–H and O–H groups in total. The van der Waals surface area contributed by atoms with Crippen LogP contribution in [-0.4, -0.2) is 29.6 Å². The Morgan fingerprint density at radius 1 is 1.30 bits per heavy atom. The molecule has 1 unspecified atom stereocenters. The molecule has 0 bridgehead atoms. The minimum Gasteiger partial charge on any atom is -0.391 e. The van der Waals surface area contributed by atoms with Gasteiger partial charge >= 0.3 is 0 Å². The summed E-state index contributed by atoms with van der Waals surface area (Å²) in [5.74, 6) is 0.361. The highest BCUT2D eigenvalue weighted by atomic mass is 32.1. The number of carbonyl (C=O) groups is 2. The monoisotopic (exact) mass is 294 g/mol. The van der Waals surface area contributed by atoms with Gasteiger partial charge in [0.25, 0.3) is 5.91 Å². The third kappa shape index (κ3) is 3.37. The molecule has 0 spiro atoms. The fraction of sp³-hybridized carbons (Fsp3) is 0.571. The van der Waals surface area contributed by atoms with Gasteiger partial charge in [0.15, 0.2) is 0 Å². The van der Waals surface area contributed by atoms with Crippen molar-refractivity contribution in [2.75, 3.05) is 11.9 Å². The summed E-state index contributed by atoms with van der Waals surface area (Å²) in [6.45, 7) is 0.297. The average molecular weight is 294 g/mol. The third-order valence-electron chi connectivity index (χ3n) is 3.66. The number of hydrogen-bond acceptors (Lipinski definition) is 4. The number of rotatable bonds is 6. The van der Waals surface area contributed by atoms with E-state index in [1.54, 1.807) is 12.1 Å². The van der Waals surface area contributed by atoms with Crippen LogP contribution in [0.4, 0.5) is 5.00 Å². The van der Waals surface area contributed by atoms with Crippen molar-refractivity contribution in [1.29, 1.82) is 0 Å². The Balaban J connectivity index is 1.49. The lowest BCUT2D eigenvalue weighted by Gasteiger charge is -2.09. The first-order chi connectivity index (χ1) is 9.63. The van der Waals surface area contributed by atoms with E-state index >= 15 is 0 Å². The molecule has 2 fully saturated rings. The number of amides is 2. The summed E-state index contributed by atoms with van der Waals surface area (Å²) in [4.78, 5) is 24.1. The maximum absolute atomic E-state index is 11.9. The maximum Gasteiger partial charge on any atom is 0.261 e. The van der Waals surface area contributed by atoms with Gasteiger partial charge in [0.05, 0.1) is 16.0 Å². The van der Waals surface area contributed by atoms with E-state index in [0.717, 1.165) is 25.7 Å². The number of anilines is 1. The van der Waals surface area contributed by atoms with Crippen LogP contribution in [0, 0.1) is 11.8 Å². The fourth-order valence-electron chi connectivity index (χ4n) is 2.03. The van der Waals surface area contributed by atoms with Crippen LogP contribution >= 0.6 is 11.3 Å². The molecule has 20 heavy (non-hydrogen) atoms. The van der Waals surface area contributed by atoms with Crippen molar-refractivity contribution in [2.45, 2.75) is 31.8 Å². The lowest BCUT2D eigenvalue weighted by atomic mass is 10.2. The molecule has 3 rings (SSSR count). The molecule has 0 aliphatic heterocycles. The Bertz CT molecular complexity index is 520. The first kappa shape index (κ1) is 13.6. The third-order valence-corrected chi connectivity index (χ3v) is 4.66. The Kier molecular flexibility index (Phi) is 3.76. The van der Waals surface area contributed by atoms with Crippen LogP contribution in [0.3, 0.4) is 0 Å². The SMILES string of the molecule is O=C(NCC(O)C1CC1)c1ccc(NC(=O)C2CC2)s1. The number of thiophene rings is 1. The first-order valence-corrected chi connectivity index (χ1v) is 7.82. The van der Waals surface area contributed by atoms with Crippen molar-refractivity contribution in [3.63, 3.8) is 0 Å². The molecule has 5 nitrogen and oxygen atoms in total. The van der Waals surface area contributed by atoms with Crippen molar-refractivity contribution in [1.82, 2.24) is 5.32 Å². The van der Waals surface area contributed by atoms with Crippen LogP contribution in [0.5, 0.6) is 0 Å². The number of hydrogen-bond donors (Lipinski definition) is 3. The Labute approximate surface area is 121 Å². The minimum atomic E-state index is -0.437. The second-order valence-corrected chi connectivity index (χ2v) is 6.63. The molecule has 0 saturated heterocycles. The summed E-state index contributed by atoms with van der Waals surface area (Å²) in [6.07, 6.45) is 3.58. The highest BCUT2D eigenvalue weighted by Crippen LogP contribution is 2.33. The predicted molar refractivity (Wildman–Crippen MR) is 76.7 cm³/mol. The van der Waals surface area contributed by atoms with E-state index in [4.69, 9.17) is 0 Å². The average Bonchev–Trinajstić information content (AvgIpc) is 3.33. The Morgan fingerprint density at radius 2 is 2.05 bits per heavy atom. The smallest absolute Gasteiger partial charge is 0.261 e. The normalized spacial score (nSPS) is 19.4. The summed E-state index contributed by atoms with van der Waals surface area (Å²) in [7, 11) is 0. The van der Waals surface area contributed by atoms with Crippen molar-refractivity contribution in [3.8, 4) is 0 Å². The van der Waals surface area contributed by atoms with E-state index in [2.05, 4.69) is 10.6 Å². The zero-order valence-corrected chi connectivity index (χ0v) is 11.9. The van der Waals surface area contributed by atoms with E-state index in [1.165, 1.54) is 11.3 Å². The molecule has 1 heterocycles. The molecular weight excluding hydrogens is 276 g/mol. The highest BCUT2D eigenvalue weighted by molar-refractivity contribution is 7.18. The minimum absolute atomic E-state index is 0.0444. The quantitative estimate of drug-likeness (QED) is 0.745. The van der Waals surface area contributed by atoms with Crippen LogP contribution < -0.4 is 10.6 Å². The fourth-order valence-corrected chi connectivity index (χ4v) is 2.85. The number of carbonyl (C=O) groups excluding carboxylic acids is 2. The summed E-state index contributed by atoms with van der Waals surface area (Å²) >= 11 is 1.26. The maximum atomic E-state index is 11.9. The lowest BCUT2D eigenvalue weighted by Crippen LogP contribution is -2.32. The molecule has 0 aromatic carbocycles. The van der Waals surface area contributed by atoms with Crippen molar-refractivity contribution in [3.05, 3.63) is 17.0 Å². The van der Waals surface area contributed by atoms with Gasteiger partial charge in [0.2, 0.25) is 5.91 Å². The molecule has 6 heteroatoms. The zero-order valence-electron chi connectivity index (χ0n) is 11.1. The van der Waals surface area contributed by atoms with Crippen LogP contribution in [-0.2, 0) is 4.79 Å². The highest BCUT2D eigenvalue weighted by Gasteiger charge is 2.30. The predicted octanol–water partition coefficient (Wildman–Crippen LogP) is 1.60. The lowest BCUT2D eigenvalue weighted by molar-refractivity contribution is -0.117. The Morgan fingerprint density at radius 3 is 2.70 bits per heavy atom. The van der Waals surface area contributed by atoms with E-state index in [1.807, 2.05) is 0 Å². The molecular formula is C14H18N2O3S. The second-order valence-electron chi connectivity index (χ2n) is 5.54. The van der Waals surface area contributed by atoms with Crippen LogP contribution in [0.2, 0.25) is 0 Å². The molecule has 2 amide bonds. The molecule has 2 aliphatic rings. The van der Waals surface area contributed by atoms with Gasteiger partial charge in [0, 0.05) is 12.5 Å². The largest absolute Gasteiger partial charge is 0.391 e. The number of nitrogens with one attached hydrogen (secondary N) is 2. The van der Waals surface area contributed by atoms with Gasteiger partial charge in [-0.3, -0.25) is 9.59 Å². The van der Waals surface area contributed by atoms with Crippen LogP contribution in [0.1, 0.15) is 35.4 Å². The van der Waals surface area contributed by atoms with Gasteiger partial charge in [0.1, 0.15) is 0 Å². The molecule has 1 aromatic rings. The van der Waals surface area contributed by atoms with Crippen molar-refractivity contribution < 1.29 is 14.7 Å². The van der Waals surface area contributed by atoms with Gasteiger partial charge in [-0.05, 0) is 43.7 Å². The van der Waals surface area contributed by atoms with Crippen molar-refractivity contribution >= 4 is 28.2 Å². The molecule has 108 valence electrons. The molecule has 1 atom stereocenters. The van der Waals surface area contributed by atoms with Crippen LogP contribution in [0.25, 0.3) is 0 Å².